The molecule has 0 aromatic heterocycles. The van der Waals surface area contributed by atoms with Gasteiger partial charge < -0.3 is 5.73 Å². The molecule has 0 saturated carbocycles. The van der Waals surface area contributed by atoms with Gasteiger partial charge in [0.05, 0.1) is 0 Å². The summed E-state index contributed by atoms with van der Waals surface area (Å²) in [5, 5.41) is 0. The highest BCUT2D eigenvalue weighted by Gasteiger charge is 1.98. The first-order chi connectivity index (χ1) is 4.81. The Morgan fingerprint density at radius 2 is 2.00 bits per heavy atom. The Balaban J connectivity index is 2.97. The molecule has 0 spiro atoms. The first-order valence-electron chi connectivity index (χ1n) is 4.14. The van der Waals surface area contributed by atoms with Crippen LogP contribution in [0.3, 0.4) is 0 Å². The zero-order valence-electron chi connectivity index (χ0n) is 7.10. The summed E-state index contributed by atoms with van der Waals surface area (Å²) >= 11 is 1.98. The summed E-state index contributed by atoms with van der Waals surface area (Å²) in [5.41, 5.74) is 5.80. The molecule has 0 radical (unpaired) electrons. The van der Waals surface area contributed by atoms with E-state index in [9.17, 15) is 0 Å². The van der Waals surface area contributed by atoms with Crippen molar-refractivity contribution in [3.63, 3.8) is 0 Å². The fourth-order valence-corrected chi connectivity index (χ4v) is 1.76. The van der Waals surface area contributed by atoms with Crippen LogP contribution in [0, 0.1) is 0 Å². The van der Waals surface area contributed by atoms with Crippen LogP contribution in [0.15, 0.2) is 0 Å². The van der Waals surface area contributed by atoms with Gasteiger partial charge in [-0.05, 0) is 18.6 Å². The summed E-state index contributed by atoms with van der Waals surface area (Å²) in [6.45, 7) is 4.39. The van der Waals surface area contributed by atoms with Crippen LogP contribution in [0.5, 0.6) is 0 Å². The molecule has 0 rings (SSSR count). The molecule has 0 aliphatic heterocycles. The van der Waals surface area contributed by atoms with E-state index in [0.29, 0.717) is 6.04 Å². The molecule has 2 N–H and O–H groups in total. The van der Waals surface area contributed by atoms with Gasteiger partial charge in [-0.1, -0.05) is 20.3 Å². The Bertz CT molecular complexity index is 66.3. The van der Waals surface area contributed by atoms with Crippen molar-refractivity contribution in [1.82, 2.24) is 0 Å². The van der Waals surface area contributed by atoms with Gasteiger partial charge in [0, 0.05) is 11.8 Å². The van der Waals surface area contributed by atoms with Crippen molar-refractivity contribution in [3.05, 3.63) is 0 Å². The predicted molar refractivity (Wildman–Crippen MR) is 50.5 cm³/mol. The Labute approximate surface area is 68.8 Å². The highest BCUT2D eigenvalue weighted by molar-refractivity contribution is 7.99. The zero-order valence-corrected chi connectivity index (χ0v) is 7.91. The molecule has 0 fully saturated rings. The Kier molecular flexibility index (Phi) is 7.65. The van der Waals surface area contributed by atoms with Gasteiger partial charge in [-0.25, -0.2) is 0 Å². The van der Waals surface area contributed by atoms with Crippen molar-refractivity contribution in [2.24, 2.45) is 5.73 Å². The van der Waals surface area contributed by atoms with Crippen LogP contribution in [-0.4, -0.2) is 17.5 Å². The summed E-state index contributed by atoms with van der Waals surface area (Å²) < 4.78 is 0. The van der Waals surface area contributed by atoms with Crippen LogP contribution in [0.25, 0.3) is 0 Å². The first kappa shape index (κ1) is 10.3. The monoisotopic (exact) mass is 161 g/mol. The maximum Gasteiger partial charge on any atom is 0.0130 e. The third-order valence-electron chi connectivity index (χ3n) is 1.34. The van der Waals surface area contributed by atoms with E-state index in [-0.39, 0.29) is 0 Å². The zero-order chi connectivity index (χ0) is 7.82. The number of rotatable bonds is 6. The van der Waals surface area contributed by atoms with E-state index in [1.54, 1.807) is 0 Å². The number of hydrogen-bond donors (Lipinski definition) is 1. The minimum atomic E-state index is 0.432. The van der Waals surface area contributed by atoms with E-state index in [2.05, 4.69) is 13.8 Å². The van der Waals surface area contributed by atoms with Gasteiger partial charge in [0.1, 0.15) is 0 Å². The average Bonchev–Trinajstić information content (AvgIpc) is 1.89. The maximum absolute atomic E-state index is 5.80. The number of thioether (sulfide) groups is 1. The summed E-state index contributed by atoms with van der Waals surface area (Å²) in [6.07, 6.45) is 3.66. The second-order valence-electron chi connectivity index (χ2n) is 2.62. The smallest absolute Gasteiger partial charge is 0.0130 e. The fourth-order valence-electron chi connectivity index (χ4n) is 0.833. The van der Waals surface area contributed by atoms with E-state index in [1.807, 2.05) is 11.8 Å². The third-order valence-corrected chi connectivity index (χ3v) is 2.70. The second-order valence-corrected chi connectivity index (χ2v) is 3.77. The molecule has 0 aliphatic rings. The summed E-state index contributed by atoms with van der Waals surface area (Å²) in [7, 11) is 0. The minimum absolute atomic E-state index is 0.432. The molecule has 1 nitrogen and oxygen atoms in total. The minimum Gasteiger partial charge on any atom is -0.327 e. The average molecular weight is 161 g/mol. The van der Waals surface area contributed by atoms with Crippen LogP contribution in [0.2, 0.25) is 0 Å². The molecule has 0 bridgehead atoms. The van der Waals surface area contributed by atoms with Gasteiger partial charge in [0.15, 0.2) is 0 Å². The summed E-state index contributed by atoms with van der Waals surface area (Å²) in [4.78, 5) is 0. The lowest BCUT2D eigenvalue weighted by Crippen LogP contribution is -2.22. The summed E-state index contributed by atoms with van der Waals surface area (Å²) in [5.74, 6) is 2.40. The van der Waals surface area contributed by atoms with Crippen molar-refractivity contribution >= 4 is 11.8 Å². The summed E-state index contributed by atoms with van der Waals surface area (Å²) in [6, 6.07) is 0.432. The normalized spacial score (nSPS) is 13.5. The highest BCUT2D eigenvalue weighted by atomic mass is 32.2. The molecular formula is C8H19NS. The highest BCUT2D eigenvalue weighted by Crippen LogP contribution is 2.06. The molecule has 0 amide bonds. The van der Waals surface area contributed by atoms with Gasteiger partial charge in [-0.3, -0.25) is 0 Å². The molecule has 0 unspecified atom stereocenters. The lowest BCUT2D eigenvalue weighted by molar-refractivity contribution is 0.660. The predicted octanol–water partition coefficient (Wildman–Crippen LogP) is 2.26. The van der Waals surface area contributed by atoms with Gasteiger partial charge in [0.2, 0.25) is 0 Å². The molecule has 0 aromatic carbocycles. The van der Waals surface area contributed by atoms with E-state index < -0.39 is 0 Å². The van der Waals surface area contributed by atoms with E-state index in [1.165, 1.54) is 25.0 Å². The lowest BCUT2D eigenvalue weighted by Gasteiger charge is -2.08. The lowest BCUT2D eigenvalue weighted by atomic mass is 10.2. The molecule has 0 saturated heterocycles. The quantitative estimate of drug-likeness (QED) is 0.605. The topological polar surface area (TPSA) is 26.0 Å². The first-order valence-corrected chi connectivity index (χ1v) is 5.30. The molecule has 62 valence electrons. The van der Waals surface area contributed by atoms with Crippen molar-refractivity contribution in [1.29, 1.82) is 0 Å². The Hall–Kier alpha value is 0.310. The van der Waals surface area contributed by atoms with Crippen LogP contribution in [0.1, 0.15) is 33.1 Å². The molecule has 0 heterocycles. The van der Waals surface area contributed by atoms with E-state index in [4.69, 9.17) is 5.73 Å². The van der Waals surface area contributed by atoms with Gasteiger partial charge >= 0.3 is 0 Å². The van der Waals surface area contributed by atoms with E-state index >= 15 is 0 Å². The molecule has 2 heteroatoms. The fraction of sp³-hybridized carbons (Fsp3) is 1.00. The Morgan fingerprint density at radius 3 is 2.50 bits per heavy atom. The van der Waals surface area contributed by atoms with Crippen molar-refractivity contribution in [2.75, 3.05) is 11.5 Å². The van der Waals surface area contributed by atoms with Crippen LogP contribution < -0.4 is 5.73 Å². The molecule has 0 aliphatic carbocycles. The SMILES string of the molecule is CCCSC[C@H](N)CCC. The van der Waals surface area contributed by atoms with Gasteiger partial charge in [-0.2, -0.15) is 11.8 Å². The van der Waals surface area contributed by atoms with Crippen molar-refractivity contribution in [3.8, 4) is 0 Å². The third kappa shape index (κ3) is 6.43. The Morgan fingerprint density at radius 1 is 1.30 bits per heavy atom. The number of nitrogens with two attached hydrogens (primary N) is 1. The van der Waals surface area contributed by atoms with Crippen LogP contribution in [0.4, 0.5) is 0 Å². The van der Waals surface area contributed by atoms with Crippen molar-refractivity contribution in [2.45, 2.75) is 39.2 Å². The van der Waals surface area contributed by atoms with Gasteiger partial charge in [-0.15, -0.1) is 0 Å². The second kappa shape index (κ2) is 7.42. The molecular weight excluding hydrogens is 142 g/mol. The molecule has 1 atom stereocenters. The largest absolute Gasteiger partial charge is 0.327 e. The standard InChI is InChI=1S/C8H19NS/c1-3-5-8(9)7-10-6-4-2/h8H,3-7,9H2,1-2H3/t8-/m1/s1. The van der Waals surface area contributed by atoms with E-state index in [0.717, 1.165) is 5.75 Å². The van der Waals surface area contributed by atoms with Crippen LogP contribution in [-0.2, 0) is 0 Å². The maximum atomic E-state index is 5.80. The van der Waals surface area contributed by atoms with Gasteiger partial charge in [0.25, 0.3) is 0 Å². The number of hydrogen-bond acceptors (Lipinski definition) is 2. The molecule has 0 aromatic rings. The molecule has 10 heavy (non-hydrogen) atoms. The van der Waals surface area contributed by atoms with Crippen LogP contribution >= 0.6 is 11.8 Å². The van der Waals surface area contributed by atoms with Crippen molar-refractivity contribution < 1.29 is 0 Å².